The van der Waals surface area contributed by atoms with Crippen LogP contribution >= 0.6 is 0 Å². The maximum atomic E-state index is 14.0. The van der Waals surface area contributed by atoms with Crippen molar-refractivity contribution in [2.24, 2.45) is 0 Å². The van der Waals surface area contributed by atoms with E-state index >= 15 is 0 Å². The summed E-state index contributed by atoms with van der Waals surface area (Å²) in [7, 11) is 1.97. The van der Waals surface area contributed by atoms with Gasteiger partial charge in [0.05, 0.1) is 12.0 Å². The first-order valence-corrected chi connectivity index (χ1v) is 11.5. The number of H-pyrrole nitrogens is 1. The first-order chi connectivity index (χ1) is 17.4. The molecular formula is C23H22F3N7O3. The summed E-state index contributed by atoms with van der Waals surface area (Å²) in [5, 5.41) is 0. The molecule has 0 radical (unpaired) electrons. The van der Waals surface area contributed by atoms with Crippen LogP contribution in [0.4, 0.5) is 19.2 Å². The highest BCUT2D eigenvalue weighted by atomic mass is 19.3. The molecule has 0 unspecified atom stereocenters. The van der Waals surface area contributed by atoms with Gasteiger partial charge in [-0.1, -0.05) is 0 Å². The standard InChI is InChI=1S/C23H22F3N7O3/c1-31-6-8-32(9-7-31)23-30-17(20(25)26)19(36-23)22(34)33-5-4-13-16(28-11-27-13)18(33)21-29-14-10-12(24)2-3-15(14)35-21/h2-3,10-11,18,20H,4-9H2,1H3,(H,27,28)/t18-/m0/s1. The minimum atomic E-state index is -3.01. The average molecular weight is 501 g/mol. The number of hydrogen-bond acceptors (Lipinski definition) is 8. The van der Waals surface area contributed by atoms with Gasteiger partial charge in [-0.3, -0.25) is 4.79 Å². The van der Waals surface area contributed by atoms with E-state index in [0.717, 1.165) is 5.69 Å². The first kappa shape index (κ1) is 22.6. The quantitative estimate of drug-likeness (QED) is 0.455. The van der Waals surface area contributed by atoms with Crippen molar-refractivity contribution in [3.63, 3.8) is 0 Å². The van der Waals surface area contributed by atoms with Crippen molar-refractivity contribution in [2.75, 3.05) is 44.7 Å². The molecule has 0 saturated carbocycles. The lowest BCUT2D eigenvalue weighted by molar-refractivity contribution is 0.0620. The summed E-state index contributed by atoms with van der Waals surface area (Å²) in [6, 6.07) is 2.97. The number of carbonyl (C=O) groups is 1. The lowest BCUT2D eigenvalue weighted by Gasteiger charge is -2.32. The number of nitrogens with zero attached hydrogens (tertiary/aromatic N) is 6. The van der Waals surface area contributed by atoms with Gasteiger partial charge < -0.3 is 28.5 Å². The second kappa shape index (κ2) is 8.66. The molecule has 3 aromatic heterocycles. The molecule has 1 aromatic carbocycles. The SMILES string of the molecule is CN1CCN(c2nc(C(F)F)c(C(=O)N3CCc4[nH]cnc4[C@H]3c3nc4cc(F)ccc4o3)o2)CC1. The predicted molar refractivity (Wildman–Crippen MR) is 120 cm³/mol. The smallest absolute Gasteiger partial charge is 0.298 e. The van der Waals surface area contributed by atoms with Gasteiger partial charge in [-0.25, -0.2) is 23.1 Å². The maximum Gasteiger partial charge on any atom is 0.298 e. The van der Waals surface area contributed by atoms with Crippen LogP contribution in [-0.4, -0.2) is 75.4 Å². The van der Waals surface area contributed by atoms with Crippen molar-refractivity contribution in [3.8, 4) is 0 Å². The normalized spacial score (nSPS) is 18.9. The number of nitrogens with one attached hydrogen (secondary N) is 1. The van der Waals surface area contributed by atoms with Gasteiger partial charge in [-0.05, 0) is 19.2 Å². The van der Waals surface area contributed by atoms with E-state index in [9.17, 15) is 18.0 Å². The fourth-order valence-corrected chi connectivity index (χ4v) is 4.67. The van der Waals surface area contributed by atoms with E-state index < -0.39 is 35.6 Å². The number of aromatic amines is 1. The number of rotatable bonds is 4. The highest BCUT2D eigenvalue weighted by Gasteiger charge is 2.41. The third kappa shape index (κ3) is 3.79. The molecule has 4 aromatic rings. The second-order valence-corrected chi connectivity index (χ2v) is 8.88. The summed E-state index contributed by atoms with van der Waals surface area (Å²) in [5.41, 5.74) is 1.12. The van der Waals surface area contributed by atoms with Crippen molar-refractivity contribution in [1.82, 2.24) is 29.7 Å². The van der Waals surface area contributed by atoms with Gasteiger partial charge in [-0.2, -0.15) is 4.98 Å². The molecule has 0 spiro atoms. The van der Waals surface area contributed by atoms with Crippen LogP contribution < -0.4 is 4.90 Å². The summed E-state index contributed by atoms with van der Waals surface area (Å²) in [4.78, 5) is 34.7. The van der Waals surface area contributed by atoms with Crippen LogP contribution in [0.3, 0.4) is 0 Å². The van der Waals surface area contributed by atoms with E-state index in [4.69, 9.17) is 8.83 Å². The number of anilines is 1. The first-order valence-electron chi connectivity index (χ1n) is 11.5. The summed E-state index contributed by atoms with van der Waals surface area (Å²) < 4.78 is 53.3. The van der Waals surface area contributed by atoms with E-state index in [1.54, 1.807) is 4.90 Å². The Morgan fingerprint density at radius 1 is 1.14 bits per heavy atom. The van der Waals surface area contributed by atoms with E-state index in [1.807, 2.05) is 7.05 Å². The number of likely N-dealkylation sites (N-methyl/N-ethyl adjacent to an activating group) is 1. The number of benzene rings is 1. The molecule has 6 rings (SSSR count). The zero-order chi connectivity index (χ0) is 25.0. The van der Waals surface area contributed by atoms with Crippen LogP contribution in [-0.2, 0) is 6.42 Å². The number of alkyl halides is 2. The number of hydrogen-bond donors (Lipinski definition) is 1. The Labute approximate surface area is 202 Å². The van der Waals surface area contributed by atoms with Crippen molar-refractivity contribution in [3.05, 3.63) is 59.1 Å². The highest BCUT2D eigenvalue weighted by Crippen LogP contribution is 2.37. The second-order valence-electron chi connectivity index (χ2n) is 8.88. The Morgan fingerprint density at radius 3 is 2.72 bits per heavy atom. The Morgan fingerprint density at radius 2 is 1.94 bits per heavy atom. The van der Waals surface area contributed by atoms with Crippen LogP contribution in [0.2, 0.25) is 0 Å². The molecule has 2 aliphatic rings. The zero-order valence-corrected chi connectivity index (χ0v) is 19.2. The summed E-state index contributed by atoms with van der Waals surface area (Å²) in [6.45, 7) is 2.67. The zero-order valence-electron chi connectivity index (χ0n) is 19.2. The minimum absolute atomic E-state index is 0.00638. The van der Waals surface area contributed by atoms with Gasteiger partial charge in [0.2, 0.25) is 11.7 Å². The predicted octanol–water partition coefficient (Wildman–Crippen LogP) is 3.16. The minimum Gasteiger partial charge on any atom is -0.438 e. The number of halogens is 3. The number of imidazole rings is 1. The number of piperazine rings is 1. The lowest BCUT2D eigenvalue weighted by Crippen LogP contribution is -2.44. The molecule has 1 amide bonds. The Kier molecular flexibility index (Phi) is 5.43. The number of aromatic nitrogens is 4. The number of fused-ring (bicyclic) bond motifs is 2. The number of oxazole rings is 2. The third-order valence-corrected chi connectivity index (χ3v) is 6.60. The largest absolute Gasteiger partial charge is 0.438 e. The van der Waals surface area contributed by atoms with Gasteiger partial charge in [-0.15, -0.1) is 0 Å². The molecule has 0 bridgehead atoms. The van der Waals surface area contributed by atoms with Crippen molar-refractivity contribution in [2.45, 2.75) is 18.9 Å². The van der Waals surface area contributed by atoms with Crippen LogP contribution in [0.5, 0.6) is 0 Å². The number of carbonyl (C=O) groups excluding carboxylic acids is 1. The molecule has 10 nitrogen and oxygen atoms in total. The molecule has 0 aliphatic carbocycles. The fraction of sp³-hybridized carbons (Fsp3) is 0.391. The van der Waals surface area contributed by atoms with Crippen molar-refractivity contribution >= 4 is 23.0 Å². The molecule has 1 N–H and O–H groups in total. The molecule has 36 heavy (non-hydrogen) atoms. The van der Waals surface area contributed by atoms with Gasteiger partial charge in [0.15, 0.2) is 17.3 Å². The third-order valence-electron chi connectivity index (χ3n) is 6.60. The summed E-state index contributed by atoms with van der Waals surface area (Å²) in [5.74, 6) is -1.69. The van der Waals surface area contributed by atoms with E-state index in [-0.39, 0.29) is 24.0 Å². The van der Waals surface area contributed by atoms with Crippen LogP contribution in [0.1, 0.15) is 46.0 Å². The van der Waals surface area contributed by atoms with Crippen LogP contribution in [0.15, 0.2) is 33.4 Å². The van der Waals surface area contributed by atoms with Crippen molar-refractivity contribution < 1.29 is 26.8 Å². The van der Waals surface area contributed by atoms with E-state index in [1.165, 1.54) is 29.4 Å². The molecule has 13 heteroatoms. The molecule has 188 valence electrons. The Bertz CT molecular complexity index is 1420. The lowest BCUT2D eigenvalue weighted by atomic mass is 10.0. The van der Waals surface area contributed by atoms with Crippen LogP contribution in [0.25, 0.3) is 11.1 Å². The molecule has 2 aliphatic heterocycles. The fourth-order valence-electron chi connectivity index (χ4n) is 4.67. The average Bonchev–Trinajstić information content (AvgIpc) is 3.60. The van der Waals surface area contributed by atoms with E-state index in [2.05, 4.69) is 24.8 Å². The molecule has 1 fully saturated rings. The van der Waals surface area contributed by atoms with Crippen molar-refractivity contribution in [1.29, 1.82) is 0 Å². The summed E-state index contributed by atoms with van der Waals surface area (Å²) in [6.07, 6.45) is -1.11. The van der Waals surface area contributed by atoms with Gasteiger partial charge in [0.1, 0.15) is 11.3 Å². The molecule has 1 atom stereocenters. The van der Waals surface area contributed by atoms with Gasteiger partial charge >= 0.3 is 0 Å². The van der Waals surface area contributed by atoms with Gasteiger partial charge in [0.25, 0.3) is 18.3 Å². The topological polar surface area (TPSA) is 108 Å². The monoisotopic (exact) mass is 501 g/mol. The molecule has 1 saturated heterocycles. The maximum absolute atomic E-state index is 14.0. The highest BCUT2D eigenvalue weighted by molar-refractivity contribution is 5.93. The molecular weight excluding hydrogens is 479 g/mol. The Hall–Kier alpha value is -3.87. The van der Waals surface area contributed by atoms with Gasteiger partial charge in [0, 0.05) is 50.9 Å². The Balaban J connectivity index is 1.40. The van der Waals surface area contributed by atoms with Crippen LogP contribution in [0, 0.1) is 5.82 Å². The molecule has 5 heterocycles. The number of amides is 1. The summed E-state index contributed by atoms with van der Waals surface area (Å²) >= 11 is 0. The van der Waals surface area contributed by atoms with E-state index in [0.29, 0.717) is 43.9 Å².